The van der Waals surface area contributed by atoms with E-state index in [1.54, 1.807) is 26.5 Å². The number of hydrogen-bond acceptors (Lipinski definition) is 7. The fourth-order valence-electron chi connectivity index (χ4n) is 4.81. The molecule has 6 rings (SSSR count). The summed E-state index contributed by atoms with van der Waals surface area (Å²) in [6.07, 6.45) is 3.90. The third kappa shape index (κ3) is 4.10. The lowest BCUT2D eigenvalue weighted by molar-refractivity contribution is 0.402. The average molecular weight is 495 g/mol. The molecule has 0 N–H and O–H groups in total. The molecule has 1 aliphatic heterocycles. The van der Waals surface area contributed by atoms with Gasteiger partial charge in [-0.2, -0.15) is 9.78 Å². The van der Waals surface area contributed by atoms with Gasteiger partial charge >= 0.3 is 0 Å². The number of fused-ring (bicyclic) bond motifs is 2. The fraction of sp³-hybridized carbons (Fsp3) is 0.207. The lowest BCUT2D eigenvalue weighted by atomic mass is 10.1. The summed E-state index contributed by atoms with van der Waals surface area (Å²) < 4.78 is 18.7. The number of hydrogen-bond donors (Lipinski definition) is 0. The molecule has 0 unspecified atom stereocenters. The van der Waals surface area contributed by atoms with Crippen molar-refractivity contribution in [3.8, 4) is 23.1 Å². The van der Waals surface area contributed by atoms with Crippen LogP contribution < -0.4 is 19.9 Å². The highest BCUT2D eigenvalue weighted by molar-refractivity contribution is 5.88. The number of aromatic nitrogens is 2. The molecule has 0 aliphatic carbocycles. The molecule has 5 aromatic rings. The summed E-state index contributed by atoms with van der Waals surface area (Å²) in [5, 5.41) is 5.97. The molecule has 0 atom stereocenters. The normalized spacial score (nSPS) is 13.7. The predicted octanol–water partition coefficient (Wildman–Crippen LogP) is 5.31. The monoisotopic (exact) mass is 494 g/mol. The molecule has 3 aromatic carbocycles. The Bertz CT molecular complexity index is 1660. The van der Waals surface area contributed by atoms with E-state index in [9.17, 15) is 4.79 Å². The van der Waals surface area contributed by atoms with Crippen LogP contribution in [-0.4, -0.2) is 43.2 Å². The SMILES string of the molecule is COc1cc(N2CCCC2)c(OC)cc1C=Nn1c(-c2cc3ccccc3o2)nc2ccccc2c1=O. The lowest BCUT2D eigenvalue weighted by Crippen LogP contribution is -2.20. The van der Waals surface area contributed by atoms with Crippen molar-refractivity contribution >= 4 is 33.8 Å². The first kappa shape index (κ1) is 22.8. The zero-order valence-corrected chi connectivity index (χ0v) is 20.7. The minimum Gasteiger partial charge on any atom is -0.496 e. The standard InChI is InChI=1S/C29H26N4O4/c1-35-25-17-23(32-13-7-8-14-32)26(36-2)16-20(25)18-30-33-28(27-15-19-9-3-6-12-24(19)37-27)31-22-11-5-4-10-21(22)29(33)34/h3-6,9-12,15-18H,7-8,13-14H2,1-2H3. The Morgan fingerprint density at radius 3 is 2.49 bits per heavy atom. The van der Waals surface area contributed by atoms with Gasteiger partial charge in [0.15, 0.2) is 5.76 Å². The number of para-hydroxylation sites is 2. The Hall–Kier alpha value is -4.59. The van der Waals surface area contributed by atoms with Crippen LogP contribution in [0.15, 0.2) is 81.0 Å². The van der Waals surface area contributed by atoms with E-state index in [0.717, 1.165) is 42.8 Å². The molecule has 0 amide bonds. The molecule has 0 saturated carbocycles. The van der Waals surface area contributed by atoms with E-state index in [4.69, 9.17) is 18.9 Å². The first-order valence-electron chi connectivity index (χ1n) is 12.2. The van der Waals surface area contributed by atoms with Crippen molar-refractivity contribution in [2.45, 2.75) is 12.8 Å². The molecule has 37 heavy (non-hydrogen) atoms. The molecule has 0 bridgehead atoms. The van der Waals surface area contributed by atoms with E-state index < -0.39 is 0 Å². The van der Waals surface area contributed by atoms with Gasteiger partial charge in [-0.1, -0.05) is 30.3 Å². The number of rotatable bonds is 6. The molecule has 3 heterocycles. The van der Waals surface area contributed by atoms with Crippen LogP contribution in [0.25, 0.3) is 33.5 Å². The van der Waals surface area contributed by atoms with Gasteiger partial charge in [-0.3, -0.25) is 4.79 Å². The molecule has 0 radical (unpaired) electrons. The van der Waals surface area contributed by atoms with Crippen molar-refractivity contribution in [1.29, 1.82) is 0 Å². The summed E-state index contributed by atoms with van der Waals surface area (Å²) in [6.45, 7) is 1.96. The Balaban J connectivity index is 1.50. The second-order valence-electron chi connectivity index (χ2n) is 8.92. The highest BCUT2D eigenvalue weighted by Crippen LogP contribution is 2.36. The zero-order valence-electron chi connectivity index (χ0n) is 20.7. The van der Waals surface area contributed by atoms with E-state index in [1.807, 2.05) is 60.7 Å². The maximum Gasteiger partial charge on any atom is 0.282 e. The number of methoxy groups -OCH3 is 2. The van der Waals surface area contributed by atoms with Crippen molar-refractivity contribution in [3.05, 3.63) is 82.6 Å². The second kappa shape index (κ2) is 9.46. The quantitative estimate of drug-likeness (QED) is 0.298. The molecule has 186 valence electrons. The average Bonchev–Trinajstić information content (AvgIpc) is 3.62. The Labute approximate surface area is 213 Å². The molecule has 1 aliphatic rings. The van der Waals surface area contributed by atoms with Crippen LogP contribution in [0.1, 0.15) is 18.4 Å². The van der Waals surface area contributed by atoms with Crippen molar-refractivity contribution in [2.24, 2.45) is 5.10 Å². The summed E-state index contributed by atoms with van der Waals surface area (Å²) in [4.78, 5) is 20.6. The van der Waals surface area contributed by atoms with Crippen molar-refractivity contribution in [2.75, 3.05) is 32.2 Å². The molecule has 0 spiro atoms. The van der Waals surface area contributed by atoms with Crippen LogP contribution in [-0.2, 0) is 0 Å². The van der Waals surface area contributed by atoms with Gasteiger partial charge in [0.05, 0.1) is 37.0 Å². The maximum absolute atomic E-state index is 13.6. The van der Waals surface area contributed by atoms with Crippen LogP contribution >= 0.6 is 0 Å². The van der Waals surface area contributed by atoms with Crippen LogP contribution in [0.5, 0.6) is 11.5 Å². The lowest BCUT2D eigenvalue weighted by Gasteiger charge is -2.22. The summed E-state index contributed by atoms with van der Waals surface area (Å²) in [5.41, 5.74) is 2.65. The van der Waals surface area contributed by atoms with Gasteiger partial charge in [-0.05, 0) is 43.2 Å². The minimum absolute atomic E-state index is 0.295. The molecule has 2 aromatic heterocycles. The third-order valence-corrected chi connectivity index (χ3v) is 6.69. The largest absolute Gasteiger partial charge is 0.496 e. The Kier molecular flexibility index (Phi) is 5.84. The van der Waals surface area contributed by atoms with Crippen molar-refractivity contribution in [3.63, 3.8) is 0 Å². The van der Waals surface area contributed by atoms with Crippen LogP contribution in [0.2, 0.25) is 0 Å². The fourth-order valence-corrected chi connectivity index (χ4v) is 4.81. The van der Waals surface area contributed by atoms with E-state index in [0.29, 0.717) is 39.4 Å². The molecule has 1 fully saturated rings. The summed E-state index contributed by atoms with van der Waals surface area (Å²) in [7, 11) is 3.27. The Morgan fingerprint density at radius 2 is 1.70 bits per heavy atom. The Morgan fingerprint density at radius 1 is 0.946 bits per heavy atom. The van der Waals surface area contributed by atoms with Gasteiger partial charge in [0.25, 0.3) is 5.56 Å². The molecular weight excluding hydrogens is 468 g/mol. The maximum atomic E-state index is 13.6. The van der Waals surface area contributed by atoms with E-state index in [-0.39, 0.29) is 5.56 Å². The first-order chi connectivity index (χ1) is 18.2. The summed E-state index contributed by atoms with van der Waals surface area (Å²) >= 11 is 0. The minimum atomic E-state index is -0.295. The second-order valence-corrected chi connectivity index (χ2v) is 8.92. The van der Waals surface area contributed by atoms with Crippen LogP contribution in [0, 0.1) is 0 Å². The van der Waals surface area contributed by atoms with Crippen molar-refractivity contribution < 1.29 is 13.9 Å². The number of ether oxygens (including phenoxy) is 2. The molecule has 1 saturated heterocycles. The van der Waals surface area contributed by atoms with Gasteiger partial charge < -0.3 is 18.8 Å². The van der Waals surface area contributed by atoms with Gasteiger partial charge in [0.1, 0.15) is 17.1 Å². The van der Waals surface area contributed by atoms with Crippen LogP contribution in [0.4, 0.5) is 5.69 Å². The smallest absolute Gasteiger partial charge is 0.282 e. The van der Waals surface area contributed by atoms with Crippen LogP contribution in [0.3, 0.4) is 0 Å². The number of nitrogens with zero attached hydrogens (tertiary/aromatic N) is 4. The van der Waals surface area contributed by atoms with Gasteiger partial charge in [0.2, 0.25) is 5.82 Å². The summed E-state index contributed by atoms with van der Waals surface area (Å²) in [5.74, 6) is 2.13. The molecular formula is C29H26N4O4. The third-order valence-electron chi connectivity index (χ3n) is 6.69. The highest BCUT2D eigenvalue weighted by Gasteiger charge is 2.20. The highest BCUT2D eigenvalue weighted by atomic mass is 16.5. The van der Waals surface area contributed by atoms with E-state index in [2.05, 4.69) is 10.0 Å². The van der Waals surface area contributed by atoms with Gasteiger partial charge in [-0.15, -0.1) is 0 Å². The molecule has 8 nitrogen and oxygen atoms in total. The zero-order chi connectivity index (χ0) is 25.4. The van der Waals surface area contributed by atoms with E-state index in [1.165, 1.54) is 4.68 Å². The number of furan rings is 1. The number of anilines is 1. The van der Waals surface area contributed by atoms with Gasteiger partial charge in [-0.25, -0.2) is 4.98 Å². The van der Waals surface area contributed by atoms with Gasteiger partial charge in [0, 0.05) is 30.1 Å². The molecule has 8 heteroatoms. The summed E-state index contributed by atoms with van der Waals surface area (Å²) in [6, 6.07) is 20.6. The predicted molar refractivity (Wildman–Crippen MR) is 145 cm³/mol. The topological polar surface area (TPSA) is 82.1 Å². The first-order valence-corrected chi connectivity index (χ1v) is 12.2. The van der Waals surface area contributed by atoms with Crippen molar-refractivity contribution in [1.82, 2.24) is 9.66 Å². The number of benzene rings is 3. The van der Waals surface area contributed by atoms with E-state index >= 15 is 0 Å².